The summed E-state index contributed by atoms with van der Waals surface area (Å²) in [5, 5.41) is 4.74. The second kappa shape index (κ2) is 7.20. The van der Waals surface area contributed by atoms with Crippen molar-refractivity contribution >= 4 is 23.2 Å². The number of amides is 1. The standard InChI is InChI=1S/C16H16ClFN2O/c1-11(12-5-3-2-4-6-12)19-10-16(21)20-15-8-7-13(17)9-14(15)18/h2-9,11,19H,10H2,1H3,(H,20,21)/p+1/t11-/m1/s1. The van der Waals surface area contributed by atoms with Crippen LogP contribution < -0.4 is 10.6 Å². The molecule has 1 atom stereocenters. The van der Waals surface area contributed by atoms with E-state index in [0.29, 0.717) is 5.02 Å². The zero-order valence-corrected chi connectivity index (χ0v) is 12.4. The molecule has 0 saturated carbocycles. The second-order valence-electron chi connectivity index (χ2n) is 4.81. The third-order valence-corrected chi connectivity index (χ3v) is 3.42. The van der Waals surface area contributed by atoms with Crippen LogP contribution in [-0.2, 0) is 4.79 Å². The summed E-state index contributed by atoms with van der Waals surface area (Å²) in [4.78, 5) is 11.8. The Morgan fingerprint density at radius 1 is 1.29 bits per heavy atom. The molecule has 3 N–H and O–H groups in total. The highest BCUT2D eigenvalue weighted by molar-refractivity contribution is 6.30. The van der Waals surface area contributed by atoms with Gasteiger partial charge in [-0.05, 0) is 25.1 Å². The topological polar surface area (TPSA) is 45.7 Å². The SMILES string of the molecule is C[C@@H]([NH2+]CC(=O)Nc1ccc(Cl)cc1F)c1ccccc1. The smallest absolute Gasteiger partial charge is 0.279 e. The van der Waals surface area contributed by atoms with E-state index in [9.17, 15) is 9.18 Å². The molecule has 0 aliphatic heterocycles. The number of halogens is 2. The van der Waals surface area contributed by atoms with E-state index in [2.05, 4.69) is 5.32 Å². The van der Waals surface area contributed by atoms with E-state index in [0.717, 1.165) is 5.56 Å². The van der Waals surface area contributed by atoms with Crippen LogP contribution in [0.4, 0.5) is 10.1 Å². The molecule has 2 rings (SSSR count). The van der Waals surface area contributed by atoms with E-state index in [1.54, 1.807) is 0 Å². The van der Waals surface area contributed by atoms with Crippen LogP contribution in [-0.4, -0.2) is 12.5 Å². The van der Waals surface area contributed by atoms with Gasteiger partial charge in [-0.15, -0.1) is 0 Å². The lowest BCUT2D eigenvalue weighted by molar-refractivity contribution is -0.682. The maximum absolute atomic E-state index is 13.6. The molecular formula is C16H17ClFN2O+. The molecule has 21 heavy (non-hydrogen) atoms. The van der Waals surface area contributed by atoms with Crippen molar-refractivity contribution in [1.29, 1.82) is 0 Å². The number of nitrogens with two attached hydrogens (primary N) is 1. The highest BCUT2D eigenvalue weighted by Crippen LogP contribution is 2.18. The van der Waals surface area contributed by atoms with Crippen molar-refractivity contribution in [3.05, 3.63) is 64.9 Å². The van der Waals surface area contributed by atoms with Gasteiger partial charge in [-0.2, -0.15) is 0 Å². The molecule has 0 bridgehead atoms. The van der Waals surface area contributed by atoms with Crippen molar-refractivity contribution in [3.8, 4) is 0 Å². The molecule has 1 amide bonds. The van der Waals surface area contributed by atoms with E-state index in [1.165, 1.54) is 18.2 Å². The summed E-state index contributed by atoms with van der Waals surface area (Å²) in [6, 6.07) is 14.2. The Hall–Kier alpha value is -1.91. The summed E-state index contributed by atoms with van der Waals surface area (Å²) < 4.78 is 13.6. The molecule has 0 spiro atoms. The maximum Gasteiger partial charge on any atom is 0.279 e. The number of carbonyl (C=O) groups excluding carboxylic acids is 1. The van der Waals surface area contributed by atoms with Crippen molar-refractivity contribution in [2.24, 2.45) is 0 Å². The van der Waals surface area contributed by atoms with Crippen LogP contribution in [0, 0.1) is 5.82 Å². The van der Waals surface area contributed by atoms with Crippen LogP contribution >= 0.6 is 11.6 Å². The molecular weight excluding hydrogens is 291 g/mol. The molecule has 0 radical (unpaired) electrons. The Morgan fingerprint density at radius 2 is 2.00 bits per heavy atom. The van der Waals surface area contributed by atoms with Crippen molar-refractivity contribution in [1.82, 2.24) is 0 Å². The molecule has 0 fully saturated rings. The number of hydrogen-bond donors (Lipinski definition) is 2. The Labute approximate surface area is 128 Å². The van der Waals surface area contributed by atoms with Gasteiger partial charge in [-0.3, -0.25) is 4.79 Å². The molecule has 0 heterocycles. The normalized spacial score (nSPS) is 12.0. The van der Waals surface area contributed by atoms with Crippen molar-refractivity contribution in [3.63, 3.8) is 0 Å². The predicted octanol–water partition coefficient (Wildman–Crippen LogP) is 2.74. The lowest BCUT2D eigenvalue weighted by Gasteiger charge is -2.11. The number of rotatable bonds is 5. The van der Waals surface area contributed by atoms with Gasteiger partial charge in [0.1, 0.15) is 11.9 Å². The van der Waals surface area contributed by atoms with Gasteiger partial charge in [0.15, 0.2) is 6.54 Å². The van der Waals surface area contributed by atoms with Crippen LogP contribution in [0.25, 0.3) is 0 Å². The highest BCUT2D eigenvalue weighted by atomic mass is 35.5. The molecule has 3 nitrogen and oxygen atoms in total. The molecule has 2 aromatic carbocycles. The summed E-state index contributed by atoms with van der Waals surface area (Å²) in [5.41, 5.74) is 1.29. The molecule has 5 heteroatoms. The van der Waals surface area contributed by atoms with Gasteiger partial charge in [-0.1, -0.05) is 41.9 Å². The van der Waals surface area contributed by atoms with Gasteiger partial charge in [0, 0.05) is 10.6 Å². The van der Waals surface area contributed by atoms with E-state index < -0.39 is 5.82 Å². The minimum atomic E-state index is -0.535. The van der Waals surface area contributed by atoms with E-state index >= 15 is 0 Å². The zero-order valence-electron chi connectivity index (χ0n) is 11.6. The van der Waals surface area contributed by atoms with Gasteiger partial charge in [0.05, 0.1) is 5.69 Å². The van der Waals surface area contributed by atoms with Gasteiger partial charge in [0.25, 0.3) is 5.91 Å². The van der Waals surface area contributed by atoms with Gasteiger partial charge in [-0.25, -0.2) is 4.39 Å². The second-order valence-corrected chi connectivity index (χ2v) is 5.25. The highest BCUT2D eigenvalue weighted by Gasteiger charge is 2.12. The minimum absolute atomic E-state index is 0.144. The fourth-order valence-electron chi connectivity index (χ4n) is 1.97. The Morgan fingerprint density at radius 3 is 2.67 bits per heavy atom. The Balaban J connectivity index is 1.87. The lowest BCUT2D eigenvalue weighted by Crippen LogP contribution is -2.86. The van der Waals surface area contributed by atoms with Crippen LogP contribution in [0.1, 0.15) is 18.5 Å². The first-order valence-corrected chi connectivity index (χ1v) is 7.07. The number of benzene rings is 2. The van der Waals surface area contributed by atoms with E-state index in [1.807, 2.05) is 42.6 Å². The molecule has 2 aromatic rings. The number of nitrogens with one attached hydrogen (secondary N) is 1. The first-order chi connectivity index (χ1) is 10.1. The molecule has 0 aliphatic carbocycles. The minimum Gasteiger partial charge on any atom is -0.333 e. The third-order valence-electron chi connectivity index (χ3n) is 3.19. The first-order valence-electron chi connectivity index (χ1n) is 6.69. The molecule has 0 unspecified atom stereocenters. The number of quaternary nitrogens is 1. The Kier molecular flexibility index (Phi) is 5.31. The largest absolute Gasteiger partial charge is 0.333 e. The fourth-order valence-corrected chi connectivity index (χ4v) is 2.13. The first kappa shape index (κ1) is 15.5. The molecule has 0 aliphatic rings. The van der Waals surface area contributed by atoms with Crippen molar-refractivity contribution < 1.29 is 14.5 Å². The van der Waals surface area contributed by atoms with E-state index in [-0.39, 0.29) is 24.2 Å². The number of carbonyl (C=O) groups is 1. The van der Waals surface area contributed by atoms with Crippen molar-refractivity contribution in [2.75, 3.05) is 11.9 Å². The van der Waals surface area contributed by atoms with Gasteiger partial charge < -0.3 is 10.6 Å². The fraction of sp³-hybridized carbons (Fsp3) is 0.188. The third kappa shape index (κ3) is 4.55. The summed E-state index contributed by atoms with van der Waals surface area (Å²) >= 11 is 5.67. The summed E-state index contributed by atoms with van der Waals surface area (Å²) in [6.07, 6.45) is 0. The summed E-state index contributed by atoms with van der Waals surface area (Å²) in [6.45, 7) is 2.24. The van der Waals surface area contributed by atoms with Crippen LogP contribution in [0.5, 0.6) is 0 Å². The number of hydrogen-bond acceptors (Lipinski definition) is 1. The van der Waals surface area contributed by atoms with Gasteiger partial charge in [0.2, 0.25) is 0 Å². The van der Waals surface area contributed by atoms with Crippen molar-refractivity contribution in [2.45, 2.75) is 13.0 Å². The zero-order chi connectivity index (χ0) is 15.2. The van der Waals surface area contributed by atoms with Crippen LogP contribution in [0.3, 0.4) is 0 Å². The summed E-state index contributed by atoms with van der Waals surface area (Å²) in [5.74, 6) is -0.786. The van der Waals surface area contributed by atoms with Crippen LogP contribution in [0.2, 0.25) is 5.02 Å². The predicted molar refractivity (Wildman–Crippen MR) is 81.7 cm³/mol. The van der Waals surface area contributed by atoms with Crippen LogP contribution in [0.15, 0.2) is 48.5 Å². The average Bonchev–Trinajstić information content (AvgIpc) is 2.48. The molecule has 110 valence electrons. The molecule has 0 aromatic heterocycles. The maximum atomic E-state index is 13.6. The average molecular weight is 308 g/mol. The Bertz CT molecular complexity index is 619. The molecule has 0 saturated heterocycles. The van der Waals surface area contributed by atoms with E-state index in [4.69, 9.17) is 11.6 Å². The quantitative estimate of drug-likeness (QED) is 0.876. The lowest BCUT2D eigenvalue weighted by atomic mass is 10.1. The monoisotopic (exact) mass is 307 g/mol. The summed E-state index contributed by atoms with van der Waals surface area (Å²) in [7, 11) is 0. The van der Waals surface area contributed by atoms with Gasteiger partial charge >= 0.3 is 0 Å². The number of anilines is 1.